The molecule has 9 heteroatoms. The maximum Gasteiger partial charge on any atom is 0.233 e. The van der Waals surface area contributed by atoms with Gasteiger partial charge < -0.3 is 9.64 Å². The number of carbonyl (C=O) groups excluding carboxylic acids is 1. The molecule has 2 fully saturated rings. The van der Waals surface area contributed by atoms with Crippen LogP contribution >= 0.6 is 11.8 Å². The largest absolute Gasteiger partial charge is 0.379 e. The van der Waals surface area contributed by atoms with Crippen molar-refractivity contribution < 1.29 is 9.53 Å². The number of rotatable bonds is 9. The first-order chi connectivity index (χ1) is 15.2. The Balaban J connectivity index is 1.41. The molecule has 2 aromatic rings. The average Bonchev–Trinajstić information content (AvgIpc) is 3.49. The molecule has 31 heavy (non-hydrogen) atoms. The first-order valence-electron chi connectivity index (χ1n) is 11.2. The third-order valence-electron chi connectivity index (χ3n) is 6.13. The van der Waals surface area contributed by atoms with Crippen molar-refractivity contribution in [3.63, 3.8) is 0 Å². The van der Waals surface area contributed by atoms with Crippen LogP contribution in [0.2, 0.25) is 0 Å². The molecule has 2 aliphatic rings. The minimum Gasteiger partial charge on any atom is -0.379 e. The number of hydrogen-bond donors (Lipinski definition) is 0. The van der Waals surface area contributed by atoms with Crippen LogP contribution in [0.15, 0.2) is 35.5 Å². The number of tetrazole rings is 1. The predicted octanol–water partition coefficient (Wildman–Crippen LogP) is 2.63. The van der Waals surface area contributed by atoms with Crippen LogP contribution in [0.5, 0.6) is 0 Å². The normalized spacial score (nSPS) is 18.9. The van der Waals surface area contributed by atoms with Gasteiger partial charge in [-0.1, -0.05) is 54.9 Å². The van der Waals surface area contributed by atoms with Crippen molar-refractivity contribution in [2.24, 2.45) is 0 Å². The summed E-state index contributed by atoms with van der Waals surface area (Å²) < 4.78 is 7.39. The van der Waals surface area contributed by atoms with Gasteiger partial charge in [-0.25, -0.2) is 4.68 Å². The van der Waals surface area contributed by atoms with E-state index in [1.54, 1.807) is 0 Å². The van der Waals surface area contributed by atoms with Gasteiger partial charge >= 0.3 is 0 Å². The van der Waals surface area contributed by atoms with Crippen molar-refractivity contribution in [1.29, 1.82) is 0 Å². The minimum absolute atomic E-state index is 0.109. The van der Waals surface area contributed by atoms with Crippen molar-refractivity contribution in [1.82, 2.24) is 30.0 Å². The number of thioether (sulfide) groups is 1. The Labute approximate surface area is 188 Å². The number of amides is 1. The van der Waals surface area contributed by atoms with Crippen molar-refractivity contribution in [2.45, 2.75) is 56.4 Å². The van der Waals surface area contributed by atoms with Crippen LogP contribution in [0.4, 0.5) is 0 Å². The maximum absolute atomic E-state index is 13.3. The second-order valence-corrected chi connectivity index (χ2v) is 9.34. The molecule has 1 saturated carbocycles. The third-order valence-corrected chi connectivity index (χ3v) is 7.05. The molecule has 1 aromatic carbocycles. The highest BCUT2D eigenvalue weighted by Gasteiger charge is 2.26. The number of aromatic nitrogens is 4. The summed E-state index contributed by atoms with van der Waals surface area (Å²) in [4.78, 5) is 17.7. The smallest absolute Gasteiger partial charge is 0.233 e. The first kappa shape index (κ1) is 22.2. The van der Waals surface area contributed by atoms with Crippen LogP contribution in [-0.2, 0) is 16.1 Å². The average molecular weight is 445 g/mol. The van der Waals surface area contributed by atoms with Crippen LogP contribution in [0.3, 0.4) is 0 Å². The summed E-state index contributed by atoms with van der Waals surface area (Å²) in [7, 11) is 0. The molecule has 8 nitrogen and oxygen atoms in total. The second-order valence-electron chi connectivity index (χ2n) is 8.40. The van der Waals surface area contributed by atoms with E-state index < -0.39 is 0 Å². The van der Waals surface area contributed by atoms with Gasteiger partial charge in [-0.2, -0.15) is 0 Å². The van der Waals surface area contributed by atoms with E-state index in [1.807, 2.05) is 27.8 Å². The van der Waals surface area contributed by atoms with Gasteiger partial charge in [-0.15, -0.1) is 5.10 Å². The van der Waals surface area contributed by atoms with Crippen LogP contribution in [0, 0.1) is 0 Å². The first-order valence-corrected chi connectivity index (χ1v) is 12.2. The molecule has 0 radical (unpaired) electrons. The fourth-order valence-corrected chi connectivity index (χ4v) is 5.22. The van der Waals surface area contributed by atoms with E-state index in [1.165, 1.54) is 24.6 Å². The lowest BCUT2D eigenvalue weighted by atomic mass is 10.1. The van der Waals surface area contributed by atoms with E-state index in [0.717, 1.165) is 56.4 Å². The zero-order chi connectivity index (χ0) is 21.5. The molecule has 168 valence electrons. The van der Waals surface area contributed by atoms with Crippen LogP contribution in [0.1, 0.15) is 44.2 Å². The lowest BCUT2D eigenvalue weighted by Crippen LogP contribution is -2.48. The molecule has 1 aromatic heterocycles. The van der Waals surface area contributed by atoms with Gasteiger partial charge in [0.1, 0.15) is 0 Å². The third kappa shape index (κ3) is 6.05. The molecule has 0 spiro atoms. The summed E-state index contributed by atoms with van der Waals surface area (Å²) >= 11 is 1.45. The van der Waals surface area contributed by atoms with Crippen molar-refractivity contribution >= 4 is 17.7 Å². The summed E-state index contributed by atoms with van der Waals surface area (Å²) in [5, 5.41) is 13.0. The Morgan fingerprint density at radius 2 is 1.97 bits per heavy atom. The Hall–Kier alpha value is -1.97. The molecular weight excluding hydrogens is 412 g/mol. The lowest BCUT2D eigenvalue weighted by molar-refractivity contribution is -0.131. The minimum atomic E-state index is 0.109. The Kier molecular flexibility index (Phi) is 7.93. The molecule has 2 heterocycles. The summed E-state index contributed by atoms with van der Waals surface area (Å²) in [6.07, 6.45) is 4.67. The molecule has 1 unspecified atom stereocenters. The Bertz CT molecular complexity index is 820. The van der Waals surface area contributed by atoms with E-state index in [2.05, 4.69) is 39.5 Å². The predicted molar refractivity (Wildman–Crippen MR) is 120 cm³/mol. The molecule has 0 N–H and O–H groups in total. The van der Waals surface area contributed by atoms with Gasteiger partial charge in [-0.05, 0) is 35.8 Å². The standard InChI is InChI=1S/C22H32N6O2S/c1-18(15-26-11-13-30-14-12-26)27(16-19-7-3-2-4-8-19)21(29)17-31-22-23-24-25-28(22)20-9-5-6-10-20/h2-4,7-8,18,20H,5-6,9-17H2,1H3. The van der Waals surface area contributed by atoms with Gasteiger partial charge in [0.15, 0.2) is 0 Å². The van der Waals surface area contributed by atoms with Crippen LogP contribution < -0.4 is 0 Å². The molecule has 1 amide bonds. The summed E-state index contributed by atoms with van der Waals surface area (Å²) in [6.45, 7) is 6.97. The number of carbonyl (C=O) groups is 1. The Morgan fingerprint density at radius 3 is 2.71 bits per heavy atom. The van der Waals surface area contributed by atoms with Gasteiger partial charge in [0, 0.05) is 32.2 Å². The second kappa shape index (κ2) is 11.1. The zero-order valence-corrected chi connectivity index (χ0v) is 19.0. The fraction of sp³-hybridized carbons (Fsp3) is 0.636. The van der Waals surface area contributed by atoms with Crippen molar-refractivity contribution in [3.05, 3.63) is 35.9 Å². The molecule has 0 bridgehead atoms. The van der Waals surface area contributed by atoms with Gasteiger partial charge in [0.05, 0.1) is 25.0 Å². The molecular formula is C22H32N6O2S. The number of nitrogens with zero attached hydrogens (tertiary/aromatic N) is 6. The van der Waals surface area contributed by atoms with Crippen molar-refractivity contribution in [2.75, 3.05) is 38.6 Å². The molecule has 1 aliphatic carbocycles. The maximum atomic E-state index is 13.3. The zero-order valence-electron chi connectivity index (χ0n) is 18.2. The molecule has 1 atom stereocenters. The molecule has 4 rings (SSSR count). The van der Waals surface area contributed by atoms with Crippen molar-refractivity contribution in [3.8, 4) is 0 Å². The lowest BCUT2D eigenvalue weighted by Gasteiger charge is -2.35. The quantitative estimate of drug-likeness (QED) is 0.550. The van der Waals surface area contributed by atoms with Gasteiger partial charge in [0.25, 0.3) is 0 Å². The van der Waals surface area contributed by atoms with E-state index in [9.17, 15) is 4.79 Å². The van der Waals surface area contributed by atoms with Gasteiger partial charge in [-0.3, -0.25) is 9.69 Å². The highest BCUT2D eigenvalue weighted by Crippen LogP contribution is 2.31. The monoisotopic (exact) mass is 444 g/mol. The summed E-state index contributed by atoms with van der Waals surface area (Å²) in [5.41, 5.74) is 1.14. The molecule has 1 aliphatic heterocycles. The van der Waals surface area contributed by atoms with Crippen LogP contribution in [0.25, 0.3) is 0 Å². The highest BCUT2D eigenvalue weighted by atomic mass is 32.2. The summed E-state index contributed by atoms with van der Waals surface area (Å²) in [5.74, 6) is 0.462. The van der Waals surface area contributed by atoms with E-state index in [0.29, 0.717) is 18.3 Å². The Morgan fingerprint density at radius 1 is 1.23 bits per heavy atom. The number of hydrogen-bond acceptors (Lipinski definition) is 7. The fourth-order valence-electron chi connectivity index (χ4n) is 4.39. The number of morpholine rings is 1. The van der Waals surface area contributed by atoms with Crippen LogP contribution in [-0.4, -0.2) is 80.6 Å². The topological polar surface area (TPSA) is 76.4 Å². The highest BCUT2D eigenvalue weighted by molar-refractivity contribution is 7.99. The van der Waals surface area contributed by atoms with E-state index in [-0.39, 0.29) is 11.9 Å². The number of ether oxygens (including phenoxy) is 1. The van der Waals surface area contributed by atoms with E-state index >= 15 is 0 Å². The number of benzene rings is 1. The van der Waals surface area contributed by atoms with Gasteiger partial charge in [0.2, 0.25) is 11.1 Å². The summed E-state index contributed by atoms with van der Waals surface area (Å²) in [6, 6.07) is 10.7. The van der Waals surface area contributed by atoms with E-state index in [4.69, 9.17) is 4.74 Å². The molecule has 1 saturated heterocycles. The SMILES string of the molecule is CC(CN1CCOCC1)N(Cc1ccccc1)C(=O)CSc1nnnn1C1CCCC1.